The maximum absolute atomic E-state index is 14.0. The average molecular weight is 642 g/mol. The summed E-state index contributed by atoms with van der Waals surface area (Å²) in [6, 6.07) is 17.1. The Hall–Kier alpha value is -4.06. The maximum Gasteiger partial charge on any atom is 0.423 e. The van der Waals surface area contributed by atoms with E-state index in [2.05, 4.69) is 23.0 Å². The van der Waals surface area contributed by atoms with Gasteiger partial charge in [0, 0.05) is 57.8 Å². The lowest BCUT2D eigenvalue weighted by atomic mass is 10.0. The second-order valence-corrected chi connectivity index (χ2v) is 11.1. The smallest absolute Gasteiger partial charge is 0.363 e. The number of halogens is 3. The van der Waals surface area contributed by atoms with Gasteiger partial charge in [-0.25, -0.2) is 4.79 Å². The Kier molecular flexibility index (Phi) is 10.2. The molecule has 0 spiro atoms. The minimum Gasteiger partial charge on any atom is -0.363 e. The van der Waals surface area contributed by atoms with E-state index in [1.807, 2.05) is 18.2 Å². The number of terminal acetylenes is 1. The monoisotopic (exact) mass is 641 g/mol. The molecule has 2 aliphatic rings. The number of alkyl halides is 3. The number of carbonyl (C=O) groups is 1. The quantitative estimate of drug-likeness (QED) is 0.244. The molecule has 0 radical (unpaired) electrons. The Balaban J connectivity index is 1.37. The summed E-state index contributed by atoms with van der Waals surface area (Å²) in [5, 5.41) is 0. The van der Waals surface area contributed by atoms with Gasteiger partial charge in [-0.2, -0.15) is 17.7 Å². The van der Waals surface area contributed by atoms with E-state index in [1.54, 1.807) is 13.2 Å². The highest BCUT2D eigenvalue weighted by Crippen LogP contribution is 2.35. The van der Waals surface area contributed by atoms with Gasteiger partial charge in [0.25, 0.3) is 11.5 Å². The summed E-state index contributed by atoms with van der Waals surface area (Å²) in [5.74, 6) is 0.209. The highest BCUT2D eigenvalue weighted by atomic mass is 19.4. The van der Waals surface area contributed by atoms with Crippen LogP contribution in [0.1, 0.15) is 47.0 Å². The fraction of sp³-hybridized carbons (Fsp3) is 0.424. The molecule has 46 heavy (non-hydrogen) atoms. The summed E-state index contributed by atoms with van der Waals surface area (Å²) in [7, 11) is 1.54. The molecule has 2 aliphatic heterocycles. The third kappa shape index (κ3) is 7.32. The summed E-state index contributed by atoms with van der Waals surface area (Å²) in [6.07, 6.45) is -1.37. The van der Waals surface area contributed by atoms with Gasteiger partial charge in [0.1, 0.15) is 24.5 Å². The minimum absolute atomic E-state index is 0.0220. The second kappa shape index (κ2) is 14.1. The topological polar surface area (TPSA) is 101 Å². The highest BCUT2D eigenvalue weighted by Gasteiger charge is 2.44. The first kappa shape index (κ1) is 33.3. The lowest BCUT2D eigenvalue weighted by Gasteiger charge is -2.41. The molecule has 3 aromatic rings. The van der Waals surface area contributed by atoms with Gasteiger partial charge in [-0.1, -0.05) is 54.5 Å². The van der Waals surface area contributed by atoms with Gasteiger partial charge in [-0.15, -0.1) is 6.42 Å². The van der Waals surface area contributed by atoms with Crippen molar-refractivity contribution in [2.75, 3.05) is 33.4 Å². The first-order valence-corrected chi connectivity index (χ1v) is 14.8. The van der Waals surface area contributed by atoms with Crippen LogP contribution in [0.4, 0.5) is 13.2 Å². The number of hydrogen-bond donors (Lipinski definition) is 0. The molecule has 0 N–H and O–H groups in total. The maximum atomic E-state index is 14.0. The molecule has 13 heteroatoms. The van der Waals surface area contributed by atoms with Crippen LogP contribution in [0.5, 0.6) is 0 Å². The van der Waals surface area contributed by atoms with E-state index in [0.29, 0.717) is 36.7 Å². The van der Waals surface area contributed by atoms with Crippen LogP contribution < -0.4 is 11.2 Å². The van der Waals surface area contributed by atoms with Crippen molar-refractivity contribution in [3.63, 3.8) is 0 Å². The molecule has 2 fully saturated rings. The van der Waals surface area contributed by atoms with E-state index in [4.69, 9.17) is 25.4 Å². The fourth-order valence-corrected chi connectivity index (χ4v) is 5.75. The molecule has 0 saturated carbocycles. The zero-order valence-corrected chi connectivity index (χ0v) is 25.2. The number of ether oxygens (including phenoxy) is 4. The van der Waals surface area contributed by atoms with E-state index < -0.39 is 53.1 Å². The predicted octanol–water partition coefficient (Wildman–Crippen LogP) is 3.68. The molecule has 2 aromatic carbocycles. The molecular weight excluding hydrogens is 607 g/mol. The van der Waals surface area contributed by atoms with Gasteiger partial charge in [0.15, 0.2) is 5.79 Å². The molecular formula is C33H34F3N3O7. The molecule has 10 nitrogen and oxygen atoms in total. The minimum atomic E-state index is -5.16. The summed E-state index contributed by atoms with van der Waals surface area (Å²) >= 11 is 0. The lowest BCUT2D eigenvalue weighted by Crippen LogP contribution is -2.48. The number of benzene rings is 2. The third-order valence-electron chi connectivity index (χ3n) is 8.26. The van der Waals surface area contributed by atoms with Gasteiger partial charge < -0.3 is 18.9 Å². The van der Waals surface area contributed by atoms with E-state index in [1.165, 1.54) is 29.8 Å². The molecule has 0 bridgehead atoms. The summed E-state index contributed by atoms with van der Waals surface area (Å²) < 4.78 is 66.5. The third-order valence-corrected chi connectivity index (χ3v) is 8.26. The molecule has 3 atom stereocenters. The zero-order valence-electron chi connectivity index (χ0n) is 25.2. The van der Waals surface area contributed by atoms with Crippen LogP contribution in [0.3, 0.4) is 0 Å². The van der Waals surface area contributed by atoms with Gasteiger partial charge in [0.2, 0.25) is 0 Å². The molecule has 0 aliphatic carbocycles. The van der Waals surface area contributed by atoms with Crippen LogP contribution in [0.25, 0.3) is 0 Å². The van der Waals surface area contributed by atoms with Gasteiger partial charge in [-0.3, -0.25) is 19.1 Å². The van der Waals surface area contributed by atoms with Crippen molar-refractivity contribution < 1.29 is 36.9 Å². The van der Waals surface area contributed by atoms with Crippen molar-refractivity contribution in [1.29, 1.82) is 0 Å². The fourth-order valence-electron chi connectivity index (χ4n) is 5.75. The summed E-state index contributed by atoms with van der Waals surface area (Å²) in [5.41, 5.74) is -3.70. The van der Waals surface area contributed by atoms with Crippen LogP contribution in [0.2, 0.25) is 0 Å². The predicted molar refractivity (Wildman–Crippen MR) is 160 cm³/mol. The molecule has 2 saturated heterocycles. The van der Waals surface area contributed by atoms with Crippen LogP contribution in [0, 0.1) is 12.3 Å². The highest BCUT2D eigenvalue weighted by molar-refractivity contribution is 5.95. The number of hydrogen-bond acceptors (Lipinski definition) is 8. The lowest BCUT2D eigenvalue weighted by molar-refractivity contribution is -0.258. The SMILES string of the molecule is C#CCO[C@H]1C[C@H](n2cc(C(F)(F)F)c(=O)n(C(=O)c3ccccc3)c2=O)O[C@@H]1COC1(OC)CCN(Cc2ccccc2)CC1. The van der Waals surface area contributed by atoms with Crippen LogP contribution in [-0.4, -0.2) is 71.3 Å². The van der Waals surface area contributed by atoms with Crippen molar-refractivity contribution in [3.05, 3.63) is 104 Å². The van der Waals surface area contributed by atoms with E-state index >= 15 is 0 Å². The van der Waals surface area contributed by atoms with Gasteiger partial charge >= 0.3 is 11.9 Å². The molecule has 0 amide bonds. The Bertz CT molecular complexity index is 1660. The number of methoxy groups -OCH3 is 1. The molecule has 0 unspecified atom stereocenters. The van der Waals surface area contributed by atoms with E-state index in [0.717, 1.165) is 6.54 Å². The Morgan fingerprint density at radius 3 is 2.33 bits per heavy atom. The van der Waals surface area contributed by atoms with Crippen molar-refractivity contribution in [2.24, 2.45) is 0 Å². The van der Waals surface area contributed by atoms with Crippen molar-refractivity contribution in [2.45, 2.75) is 56.2 Å². The number of likely N-dealkylation sites (tertiary alicyclic amines) is 1. The number of aromatic nitrogens is 2. The van der Waals surface area contributed by atoms with Gasteiger partial charge in [0.05, 0.1) is 12.7 Å². The standard InChI is InChI=1S/C33H34F3N3O7/c1-3-18-44-26-19-28(38-21-25(33(34,35)36)30(41)39(31(38)42)29(40)24-12-8-5-9-13-24)46-27(26)22-45-32(43-2)14-16-37(17-15-32)20-23-10-6-4-7-11-23/h1,4-13,21,26-28H,14-20,22H2,2H3/t26-,27+,28+/m0/s1. The second-order valence-electron chi connectivity index (χ2n) is 11.1. The van der Waals surface area contributed by atoms with Crippen LogP contribution in [-0.2, 0) is 31.7 Å². The molecule has 244 valence electrons. The van der Waals surface area contributed by atoms with Crippen molar-refractivity contribution >= 4 is 5.91 Å². The van der Waals surface area contributed by atoms with Crippen molar-refractivity contribution in [1.82, 2.24) is 14.0 Å². The van der Waals surface area contributed by atoms with E-state index in [9.17, 15) is 27.6 Å². The normalized spacial score (nSPS) is 21.6. The Morgan fingerprint density at radius 2 is 1.72 bits per heavy atom. The molecule has 5 rings (SSSR count). The number of piperidine rings is 1. The molecule has 1 aromatic heterocycles. The van der Waals surface area contributed by atoms with Crippen molar-refractivity contribution in [3.8, 4) is 12.3 Å². The molecule has 3 heterocycles. The number of nitrogens with zero attached hydrogens (tertiary/aromatic N) is 3. The number of rotatable bonds is 10. The first-order valence-electron chi connectivity index (χ1n) is 14.8. The first-order chi connectivity index (χ1) is 22.0. The van der Waals surface area contributed by atoms with Gasteiger partial charge in [-0.05, 0) is 17.7 Å². The Labute approximate surface area is 263 Å². The average Bonchev–Trinajstić information content (AvgIpc) is 3.46. The van der Waals surface area contributed by atoms with Crippen LogP contribution in [0.15, 0.2) is 76.4 Å². The zero-order chi connectivity index (χ0) is 32.9. The summed E-state index contributed by atoms with van der Waals surface area (Å²) in [4.78, 5) is 41.8. The Morgan fingerprint density at radius 1 is 1.07 bits per heavy atom. The van der Waals surface area contributed by atoms with Crippen LogP contribution >= 0.6 is 0 Å². The number of carbonyl (C=O) groups excluding carboxylic acids is 1. The van der Waals surface area contributed by atoms with E-state index in [-0.39, 0.29) is 29.8 Å². The largest absolute Gasteiger partial charge is 0.423 e. The summed E-state index contributed by atoms with van der Waals surface area (Å²) in [6.45, 7) is 1.96.